The second kappa shape index (κ2) is 6.16. The van der Waals surface area contributed by atoms with Crippen LogP contribution in [0, 0.1) is 5.82 Å². The highest BCUT2D eigenvalue weighted by molar-refractivity contribution is 9.10. The summed E-state index contributed by atoms with van der Waals surface area (Å²) < 4.78 is 13.6. The number of aromatic nitrogens is 1. The predicted molar refractivity (Wildman–Crippen MR) is 74.9 cm³/mol. The van der Waals surface area contributed by atoms with Crippen molar-refractivity contribution < 1.29 is 14.3 Å². The molecule has 0 aliphatic rings. The summed E-state index contributed by atoms with van der Waals surface area (Å²) in [5, 5.41) is 8.85. The Kier molecular flexibility index (Phi) is 4.55. The number of hydrogen-bond acceptors (Lipinski definition) is 3. The molecule has 0 aliphatic carbocycles. The van der Waals surface area contributed by atoms with Crippen molar-refractivity contribution in [3.8, 4) is 0 Å². The van der Waals surface area contributed by atoms with Crippen LogP contribution < -0.4 is 0 Å². The maximum Gasteiger partial charge on any atom is 0.354 e. The zero-order valence-corrected chi connectivity index (χ0v) is 12.0. The van der Waals surface area contributed by atoms with Crippen LogP contribution in [0.3, 0.4) is 0 Å². The first-order chi connectivity index (χ1) is 9.06. The molecule has 98 valence electrons. The fraction of sp³-hybridized carbons (Fsp3) is 0.0769. The van der Waals surface area contributed by atoms with Gasteiger partial charge in [-0.2, -0.15) is 0 Å². The fourth-order valence-electron chi connectivity index (χ4n) is 1.42. The van der Waals surface area contributed by atoms with E-state index in [1.54, 1.807) is 12.1 Å². The summed E-state index contributed by atoms with van der Waals surface area (Å²) in [6.07, 6.45) is 1.46. The van der Waals surface area contributed by atoms with Crippen LogP contribution in [0.2, 0.25) is 0 Å². The molecule has 0 unspecified atom stereocenters. The van der Waals surface area contributed by atoms with Gasteiger partial charge in [0.1, 0.15) is 11.5 Å². The van der Waals surface area contributed by atoms with Gasteiger partial charge < -0.3 is 5.11 Å². The van der Waals surface area contributed by atoms with E-state index in [9.17, 15) is 9.18 Å². The Morgan fingerprint density at radius 3 is 2.84 bits per heavy atom. The molecule has 0 atom stereocenters. The largest absolute Gasteiger partial charge is 0.477 e. The smallest absolute Gasteiger partial charge is 0.354 e. The van der Waals surface area contributed by atoms with E-state index in [1.165, 1.54) is 36.2 Å². The Hall–Kier alpha value is -1.40. The first-order valence-corrected chi connectivity index (χ1v) is 7.10. The summed E-state index contributed by atoms with van der Waals surface area (Å²) in [4.78, 5) is 15.4. The summed E-state index contributed by atoms with van der Waals surface area (Å²) in [7, 11) is 0. The highest BCUT2D eigenvalue weighted by Crippen LogP contribution is 2.27. The Bertz CT molecular complexity index is 621. The normalized spacial score (nSPS) is 10.4. The molecule has 0 amide bonds. The van der Waals surface area contributed by atoms with Crippen molar-refractivity contribution in [2.75, 3.05) is 0 Å². The van der Waals surface area contributed by atoms with Gasteiger partial charge in [-0.1, -0.05) is 22.0 Å². The van der Waals surface area contributed by atoms with Gasteiger partial charge in [0, 0.05) is 21.3 Å². The number of carboxylic acid groups (broad SMARTS) is 1. The summed E-state index contributed by atoms with van der Waals surface area (Å²) >= 11 is 4.77. The number of nitrogens with zero attached hydrogens (tertiary/aromatic N) is 1. The zero-order chi connectivity index (χ0) is 13.8. The lowest BCUT2D eigenvalue weighted by Gasteiger charge is -2.05. The van der Waals surface area contributed by atoms with E-state index >= 15 is 0 Å². The number of thioether (sulfide) groups is 1. The van der Waals surface area contributed by atoms with Crippen LogP contribution in [0.4, 0.5) is 4.39 Å². The zero-order valence-electron chi connectivity index (χ0n) is 9.64. The highest BCUT2D eigenvalue weighted by Gasteiger charge is 2.07. The molecule has 1 heterocycles. The molecule has 19 heavy (non-hydrogen) atoms. The number of hydrogen-bond donors (Lipinski definition) is 1. The molecule has 2 rings (SSSR count). The molecule has 0 saturated heterocycles. The summed E-state index contributed by atoms with van der Waals surface area (Å²) in [6.45, 7) is 0. The third-order valence-electron chi connectivity index (χ3n) is 2.36. The van der Waals surface area contributed by atoms with E-state index in [0.29, 0.717) is 10.2 Å². The minimum Gasteiger partial charge on any atom is -0.477 e. The number of aromatic carboxylic acids is 1. The minimum atomic E-state index is -1.05. The van der Waals surface area contributed by atoms with E-state index in [4.69, 9.17) is 5.11 Å². The second-order valence-corrected chi connectivity index (χ2v) is 5.61. The number of rotatable bonds is 4. The molecule has 3 nitrogen and oxygen atoms in total. The lowest BCUT2D eigenvalue weighted by molar-refractivity contribution is 0.0690. The van der Waals surface area contributed by atoms with Gasteiger partial charge in [0.25, 0.3) is 0 Å². The van der Waals surface area contributed by atoms with Gasteiger partial charge in [0.15, 0.2) is 0 Å². The number of benzene rings is 1. The number of carboxylic acids is 1. The summed E-state index contributed by atoms with van der Waals surface area (Å²) in [5.41, 5.74) is 0.961. The maximum absolute atomic E-state index is 12.9. The molecule has 0 radical (unpaired) electrons. The van der Waals surface area contributed by atoms with Crippen molar-refractivity contribution >= 4 is 33.7 Å². The molecule has 1 aromatic heterocycles. The molecular formula is C13H9BrFNO2S. The Morgan fingerprint density at radius 1 is 1.37 bits per heavy atom. The number of carbonyl (C=O) groups is 1. The third kappa shape index (κ3) is 3.78. The van der Waals surface area contributed by atoms with Gasteiger partial charge in [0.2, 0.25) is 0 Å². The molecule has 0 bridgehead atoms. The third-order valence-corrected chi connectivity index (χ3v) is 4.14. The molecule has 1 aromatic carbocycles. The van der Waals surface area contributed by atoms with Gasteiger partial charge in [-0.25, -0.2) is 14.2 Å². The van der Waals surface area contributed by atoms with Crippen LogP contribution in [0.5, 0.6) is 0 Å². The first kappa shape index (κ1) is 14.0. The molecular weight excluding hydrogens is 333 g/mol. The van der Waals surface area contributed by atoms with Crippen LogP contribution in [0.15, 0.2) is 45.9 Å². The molecule has 0 saturated carbocycles. The second-order valence-electron chi connectivity index (χ2n) is 3.71. The quantitative estimate of drug-likeness (QED) is 0.854. The molecule has 6 heteroatoms. The number of pyridine rings is 1. The topological polar surface area (TPSA) is 50.2 Å². The summed E-state index contributed by atoms with van der Waals surface area (Å²) in [5.74, 6) is -0.729. The Morgan fingerprint density at radius 2 is 2.16 bits per heavy atom. The molecule has 2 aromatic rings. The summed E-state index contributed by atoms with van der Waals surface area (Å²) in [6, 6.07) is 7.77. The van der Waals surface area contributed by atoms with Gasteiger partial charge in [-0.05, 0) is 29.8 Å². The maximum atomic E-state index is 12.9. The van der Waals surface area contributed by atoms with Crippen LogP contribution in [-0.2, 0) is 5.75 Å². The van der Waals surface area contributed by atoms with Crippen LogP contribution in [0.1, 0.15) is 16.1 Å². The van der Waals surface area contributed by atoms with Crippen molar-refractivity contribution in [3.05, 3.63) is 58.1 Å². The van der Waals surface area contributed by atoms with E-state index < -0.39 is 5.97 Å². The van der Waals surface area contributed by atoms with Crippen LogP contribution >= 0.6 is 27.7 Å². The SMILES string of the molecule is O=C(O)c1cc(SCc2ccc(F)cc2Br)ccn1. The lowest BCUT2D eigenvalue weighted by Crippen LogP contribution is -1.99. The van der Waals surface area contributed by atoms with Crippen LogP contribution in [0.25, 0.3) is 0 Å². The standard InChI is InChI=1S/C13H9BrFNO2S/c14-11-5-9(15)2-1-8(11)7-19-10-3-4-16-12(6-10)13(17)18/h1-6H,7H2,(H,17,18). The van der Waals surface area contributed by atoms with Crippen molar-refractivity contribution in [3.63, 3.8) is 0 Å². The van der Waals surface area contributed by atoms with Gasteiger partial charge in [-0.3, -0.25) is 0 Å². The van der Waals surface area contributed by atoms with E-state index in [1.807, 2.05) is 0 Å². The van der Waals surface area contributed by atoms with Crippen molar-refractivity contribution in [2.24, 2.45) is 0 Å². The van der Waals surface area contributed by atoms with E-state index in [-0.39, 0.29) is 11.5 Å². The van der Waals surface area contributed by atoms with E-state index in [0.717, 1.165) is 10.5 Å². The monoisotopic (exact) mass is 341 g/mol. The predicted octanol–water partition coefficient (Wildman–Crippen LogP) is 3.97. The Balaban J connectivity index is 2.10. The molecule has 0 aliphatic heterocycles. The molecule has 1 N–H and O–H groups in total. The number of halogens is 2. The average Bonchev–Trinajstić information content (AvgIpc) is 2.38. The minimum absolute atomic E-state index is 0.0168. The van der Waals surface area contributed by atoms with Crippen molar-refractivity contribution in [2.45, 2.75) is 10.6 Å². The molecule has 0 fully saturated rings. The van der Waals surface area contributed by atoms with Gasteiger partial charge >= 0.3 is 5.97 Å². The Labute approximate surface area is 122 Å². The average molecular weight is 342 g/mol. The van der Waals surface area contributed by atoms with E-state index in [2.05, 4.69) is 20.9 Å². The van der Waals surface area contributed by atoms with Gasteiger partial charge in [-0.15, -0.1) is 11.8 Å². The highest BCUT2D eigenvalue weighted by atomic mass is 79.9. The van der Waals surface area contributed by atoms with Crippen LogP contribution in [-0.4, -0.2) is 16.1 Å². The van der Waals surface area contributed by atoms with Crippen molar-refractivity contribution in [1.29, 1.82) is 0 Å². The fourth-order valence-corrected chi connectivity index (χ4v) is 3.02. The van der Waals surface area contributed by atoms with Gasteiger partial charge in [0.05, 0.1) is 0 Å². The molecule has 0 spiro atoms. The first-order valence-electron chi connectivity index (χ1n) is 5.32. The lowest BCUT2D eigenvalue weighted by atomic mass is 10.2. The van der Waals surface area contributed by atoms with Crippen molar-refractivity contribution in [1.82, 2.24) is 4.98 Å².